The maximum atomic E-state index is 13.1. The van der Waals surface area contributed by atoms with Crippen LogP contribution in [0.25, 0.3) is 0 Å². The molecule has 0 heterocycles. The Balaban J connectivity index is 2.65. The van der Waals surface area contributed by atoms with Gasteiger partial charge in [-0.05, 0) is 45.7 Å². The zero-order valence-corrected chi connectivity index (χ0v) is 17.6. The predicted octanol–water partition coefficient (Wildman–Crippen LogP) is 4.94. The van der Waals surface area contributed by atoms with Crippen molar-refractivity contribution in [2.75, 3.05) is 20.3 Å². The molecule has 0 atom stereocenters. The third-order valence-electron chi connectivity index (χ3n) is 3.28. The third kappa shape index (κ3) is 7.95. The highest BCUT2D eigenvalue weighted by Gasteiger charge is 2.35. The molecule has 0 aliphatic heterocycles. The standard InChI is InChI=1S/C18H23BrF3NO5/c1-17(2,3)28-16(25)23-7-5-6-8-27-14-10-12(18(20,21)22)13(19)9-11(14)15(24)26-4/h9-10H,5-8H2,1-4H3,(H,23,25). The fraction of sp³-hybridized carbons (Fsp3) is 0.556. The van der Waals surface area contributed by atoms with E-state index < -0.39 is 29.4 Å². The number of nitrogens with one attached hydrogen (secondary N) is 1. The average Bonchev–Trinajstić information content (AvgIpc) is 2.55. The SMILES string of the molecule is COC(=O)c1cc(Br)c(C(F)(F)F)cc1OCCCCNC(=O)OC(C)(C)C. The summed E-state index contributed by atoms with van der Waals surface area (Å²) in [5.41, 5.74) is -1.68. The van der Waals surface area contributed by atoms with Crippen molar-refractivity contribution >= 4 is 28.0 Å². The molecule has 0 aromatic heterocycles. The van der Waals surface area contributed by atoms with Crippen molar-refractivity contribution in [3.05, 3.63) is 27.7 Å². The van der Waals surface area contributed by atoms with E-state index >= 15 is 0 Å². The van der Waals surface area contributed by atoms with Crippen molar-refractivity contribution in [3.8, 4) is 5.75 Å². The number of carbonyl (C=O) groups excluding carboxylic acids is 2. The van der Waals surface area contributed by atoms with Gasteiger partial charge >= 0.3 is 18.2 Å². The fourth-order valence-corrected chi connectivity index (χ4v) is 2.64. The second-order valence-corrected chi connectivity index (χ2v) is 7.66. The molecule has 1 rings (SSSR count). The molecule has 0 radical (unpaired) electrons. The number of ether oxygens (including phenoxy) is 3. The van der Waals surface area contributed by atoms with Gasteiger partial charge in [0.15, 0.2) is 0 Å². The summed E-state index contributed by atoms with van der Waals surface area (Å²) in [6.45, 7) is 5.60. The maximum Gasteiger partial charge on any atom is 0.417 e. The molecular weight excluding hydrogens is 447 g/mol. The lowest BCUT2D eigenvalue weighted by molar-refractivity contribution is -0.138. The van der Waals surface area contributed by atoms with Crippen LogP contribution in [0, 0.1) is 0 Å². The van der Waals surface area contributed by atoms with Gasteiger partial charge < -0.3 is 19.5 Å². The first-order chi connectivity index (χ1) is 12.8. The molecule has 0 saturated heterocycles. The monoisotopic (exact) mass is 469 g/mol. The molecular formula is C18H23BrF3NO5. The van der Waals surface area contributed by atoms with E-state index in [0.717, 1.165) is 19.2 Å². The van der Waals surface area contributed by atoms with Crippen LogP contribution in [0.15, 0.2) is 16.6 Å². The summed E-state index contributed by atoms with van der Waals surface area (Å²) in [4.78, 5) is 23.3. The van der Waals surface area contributed by atoms with Crippen LogP contribution >= 0.6 is 15.9 Å². The Kier molecular flexibility index (Phi) is 8.59. The zero-order chi connectivity index (χ0) is 21.5. The summed E-state index contributed by atoms with van der Waals surface area (Å²) in [5.74, 6) is -1.03. The number of alkyl carbamates (subject to hydrolysis) is 1. The van der Waals surface area contributed by atoms with Crippen molar-refractivity contribution in [2.45, 2.75) is 45.4 Å². The van der Waals surface area contributed by atoms with Crippen LogP contribution in [0.1, 0.15) is 49.5 Å². The summed E-state index contributed by atoms with van der Waals surface area (Å²) < 4.78 is 54.0. The number of amides is 1. The lowest BCUT2D eigenvalue weighted by Crippen LogP contribution is -2.33. The van der Waals surface area contributed by atoms with Gasteiger partial charge in [-0.1, -0.05) is 15.9 Å². The van der Waals surface area contributed by atoms with E-state index in [4.69, 9.17) is 9.47 Å². The summed E-state index contributed by atoms with van der Waals surface area (Å²) in [5, 5.41) is 2.57. The molecule has 0 aliphatic rings. The smallest absolute Gasteiger partial charge is 0.417 e. The van der Waals surface area contributed by atoms with Gasteiger partial charge in [-0.15, -0.1) is 0 Å². The largest absolute Gasteiger partial charge is 0.493 e. The molecule has 0 unspecified atom stereocenters. The quantitative estimate of drug-likeness (QED) is 0.452. The topological polar surface area (TPSA) is 73.9 Å². The number of hydrogen-bond acceptors (Lipinski definition) is 5. The molecule has 6 nitrogen and oxygen atoms in total. The number of rotatable bonds is 7. The number of halogens is 4. The van der Waals surface area contributed by atoms with E-state index in [1.54, 1.807) is 20.8 Å². The number of benzene rings is 1. The molecule has 0 fully saturated rings. The lowest BCUT2D eigenvalue weighted by Gasteiger charge is -2.19. The van der Waals surface area contributed by atoms with Gasteiger partial charge in [0.05, 0.1) is 19.3 Å². The second kappa shape index (κ2) is 9.99. The van der Waals surface area contributed by atoms with E-state index in [2.05, 4.69) is 26.0 Å². The summed E-state index contributed by atoms with van der Waals surface area (Å²) in [6.07, 6.45) is -4.21. The molecule has 1 N–H and O–H groups in total. The molecule has 1 aromatic carbocycles. The van der Waals surface area contributed by atoms with E-state index in [1.165, 1.54) is 0 Å². The predicted molar refractivity (Wildman–Crippen MR) is 99.4 cm³/mol. The molecule has 28 heavy (non-hydrogen) atoms. The van der Waals surface area contributed by atoms with Crippen LogP contribution in [-0.2, 0) is 15.7 Å². The van der Waals surface area contributed by atoms with Gasteiger partial charge in [0, 0.05) is 11.0 Å². The van der Waals surface area contributed by atoms with Gasteiger partial charge in [0.2, 0.25) is 0 Å². The van der Waals surface area contributed by atoms with Crippen LogP contribution in [0.5, 0.6) is 5.75 Å². The van der Waals surface area contributed by atoms with E-state index in [0.29, 0.717) is 19.4 Å². The Morgan fingerprint density at radius 2 is 1.79 bits per heavy atom. The lowest BCUT2D eigenvalue weighted by atomic mass is 10.1. The highest BCUT2D eigenvalue weighted by atomic mass is 79.9. The van der Waals surface area contributed by atoms with Crippen LogP contribution in [0.4, 0.5) is 18.0 Å². The van der Waals surface area contributed by atoms with Gasteiger partial charge in [-0.2, -0.15) is 13.2 Å². The molecule has 1 amide bonds. The molecule has 0 saturated carbocycles. The Bertz CT molecular complexity index is 702. The first-order valence-electron chi connectivity index (χ1n) is 8.44. The van der Waals surface area contributed by atoms with Crippen molar-refractivity contribution < 1.29 is 37.0 Å². The normalized spacial score (nSPS) is 11.7. The molecule has 10 heteroatoms. The van der Waals surface area contributed by atoms with Crippen molar-refractivity contribution in [1.82, 2.24) is 5.32 Å². The number of alkyl halides is 3. The van der Waals surface area contributed by atoms with Crippen LogP contribution < -0.4 is 10.1 Å². The summed E-state index contributed by atoms with van der Waals surface area (Å²) in [6, 6.07) is 1.78. The van der Waals surface area contributed by atoms with Crippen LogP contribution in [0.2, 0.25) is 0 Å². The average molecular weight is 470 g/mol. The Labute approximate surface area is 169 Å². The summed E-state index contributed by atoms with van der Waals surface area (Å²) in [7, 11) is 1.13. The van der Waals surface area contributed by atoms with E-state index in [9.17, 15) is 22.8 Å². The zero-order valence-electron chi connectivity index (χ0n) is 16.0. The highest BCUT2D eigenvalue weighted by Crippen LogP contribution is 2.39. The molecule has 1 aromatic rings. The van der Waals surface area contributed by atoms with Gasteiger partial charge in [0.25, 0.3) is 0 Å². The minimum Gasteiger partial charge on any atom is -0.493 e. The maximum absolute atomic E-state index is 13.1. The van der Waals surface area contributed by atoms with Gasteiger partial charge in [-0.3, -0.25) is 0 Å². The van der Waals surface area contributed by atoms with Crippen LogP contribution in [-0.4, -0.2) is 37.9 Å². The van der Waals surface area contributed by atoms with Crippen molar-refractivity contribution in [2.24, 2.45) is 0 Å². The number of unbranched alkanes of at least 4 members (excludes halogenated alkanes) is 1. The Hall–Kier alpha value is -1.97. The summed E-state index contributed by atoms with van der Waals surface area (Å²) >= 11 is 2.82. The minimum atomic E-state index is -4.61. The second-order valence-electron chi connectivity index (χ2n) is 6.80. The Morgan fingerprint density at radius 1 is 1.14 bits per heavy atom. The van der Waals surface area contributed by atoms with Crippen molar-refractivity contribution in [3.63, 3.8) is 0 Å². The fourth-order valence-electron chi connectivity index (χ4n) is 2.07. The van der Waals surface area contributed by atoms with E-state index in [-0.39, 0.29) is 22.4 Å². The molecule has 0 aliphatic carbocycles. The number of esters is 1. The van der Waals surface area contributed by atoms with Crippen molar-refractivity contribution in [1.29, 1.82) is 0 Å². The molecule has 158 valence electrons. The van der Waals surface area contributed by atoms with E-state index in [1.807, 2.05) is 0 Å². The third-order valence-corrected chi connectivity index (χ3v) is 3.93. The highest BCUT2D eigenvalue weighted by molar-refractivity contribution is 9.10. The molecule has 0 bridgehead atoms. The number of carbonyl (C=O) groups is 2. The first-order valence-corrected chi connectivity index (χ1v) is 9.23. The van der Waals surface area contributed by atoms with Gasteiger partial charge in [-0.25, -0.2) is 9.59 Å². The number of hydrogen-bond donors (Lipinski definition) is 1. The Morgan fingerprint density at radius 3 is 2.32 bits per heavy atom. The van der Waals surface area contributed by atoms with Crippen LogP contribution in [0.3, 0.4) is 0 Å². The minimum absolute atomic E-state index is 0.0545. The van der Waals surface area contributed by atoms with Gasteiger partial charge in [0.1, 0.15) is 16.9 Å². The first kappa shape index (κ1) is 24.1. The number of methoxy groups -OCH3 is 1. The molecule has 0 spiro atoms.